The minimum atomic E-state index is 0. The Kier molecular flexibility index (Phi) is 6.06. The number of hydrogen-bond acceptors (Lipinski definition) is 2. The number of carbonyl (C=O) groups excluding carboxylic acids is 1. The molecule has 0 unspecified atom stereocenters. The Morgan fingerprint density at radius 2 is 1.73 bits per heavy atom. The third kappa shape index (κ3) is 4.12. The summed E-state index contributed by atoms with van der Waals surface area (Å²) in [6, 6.07) is 17.7. The molecule has 0 spiro atoms. The van der Waals surface area contributed by atoms with Crippen molar-refractivity contribution in [3.8, 4) is 10.4 Å². The Labute approximate surface area is 152 Å². The van der Waals surface area contributed by atoms with Crippen LogP contribution in [-0.2, 0) is 6.54 Å². The van der Waals surface area contributed by atoms with Gasteiger partial charge in [-0.25, -0.2) is 0 Å². The van der Waals surface area contributed by atoms with Gasteiger partial charge in [-0.15, -0.1) is 0 Å². The van der Waals surface area contributed by atoms with Crippen molar-refractivity contribution in [1.29, 1.82) is 0 Å². The highest BCUT2D eigenvalue weighted by molar-refractivity contribution is 9.10. The fraction of sp³-hybridized carbons (Fsp3) is 0.0588. The van der Waals surface area contributed by atoms with Crippen molar-refractivity contribution in [2.24, 2.45) is 0 Å². The van der Waals surface area contributed by atoms with Gasteiger partial charge in [0.15, 0.2) is 6.20 Å². The molecule has 2 nitrogen and oxygen atoms in total. The van der Waals surface area contributed by atoms with Crippen molar-refractivity contribution in [1.82, 2.24) is 0 Å². The van der Waals surface area contributed by atoms with Gasteiger partial charge in [-0.2, -0.15) is 4.57 Å². The number of hydrogen-bond donors (Lipinski definition) is 0. The van der Waals surface area contributed by atoms with Gasteiger partial charge in [-0.05, 0) is 17.7 Å². The average molecular weight is 439 g/mol. The predicted molar refractivity (Wildman–Crippen MR) is 88.4 cm³/mol. The molecule has 5 heteroatoms. The maximum absolute atomic E-state index is 12.2. The molecule has 1 aromatic heterocycles. The van der Waals surface area contributed by atoms with Gasteiger partial charge >= 0.3 is 0 Å². The van der Waals surface area contributed by atoms with Gasteiger partial charge in [0, 0.05) is 10.0 Å². The van der Waals surface area contributed by atoms with E-state index >= 15 is 0 Å². The molecule has 22 heavy (non-hydrogen) atoms. The van der Waals surface area contributed by atoms with Crippen LogP contribution in [0.3, 0.4) is 0 Å². The number of carbonyl (C=O) groups is 1. The normalized spacial score (nSPS) is 10.0. The number of benzene rings is 2. The molecule has 1 heterocycles. The minimum absolute atomic E-state index is 0. The number of rotatable bonds is 4. The summed E-state index contributed by atoms with van der Waals surface area (Å²) in [6.07, 6.45) is 2.02. The van der Waals surface area contributed by atoms with E-state index in [0.29, 0.717) is 6.54 Å². The van der Waals surface area contributed by atoms with Gasteiger partial charge in [0.1, 0.15) is 4.88 Å². The van der Waals surface area contributed by atoms with Gasteiger partial charge in [0.25, 0.3) is 0 Å². The lowest BCUT2D eigenvalue weighted by Gasteiger charge is -1.97. The molecule has 3 aromatic rings. The standard InChI is InChI=1S/C17H13BrNOS.BrH/c18-15-8-6-13(7-9-15)16(20)10-19-11-17(21-12-19)14-4-2-1-3-5-14;/h1-9,11-12H,10H2;1H/q+1;/p-1. The van der Waals surface area contributed by atoms with E-state index in [4.69, 9.17) is 0 Å². The third-order valence-electron chi connectivity index (χ3n) is 3.15. The first-order chi connectivity index (χ1) is 10.2. The number of Topliss-reactive ketones (excluding diaryl/α,β-unsaturated/α-hetero) is 1. The fourth-order valence-corrected chi connectivity index (χ4v) is 3.17. The van der Waals surface area contributed by atoms with Gasteiger partial charge in [-0.1, -0.05) is 69.7 Å². The predicted octanol–water partition coefficient (Wildman–Crippen LogP) is 1.35. The maximum Gasteiger partial charge on any atom is 0.227 e. The molecule has 0 aliphatic rings. The van der Waals surface area contributed by atoms with Crippen LogP contribution in [0, 0.1) is 0 Å². The van der Waals surface area contributed by atoms with E-state index in [1.165, 1.54) is 10.4 Å². The van der Waals surface area contributed by atoms with E-state index in [-0.39, 0.29) is 22.8 Å². The molecule has 0 N–H and O–H groups in total. The number of halogens is 2. The highest BCUT2D eigenvalue weighted by Gasteiger charge is 2.15. The van der Waals surface area contributed by atoms with Crippen LogP contribution in [0.1, 0.15) is 10.4 Å². The Morgan fingerprint density at radius 1 is 1.05 bits per heavy atom. The lowest BCUT2D eigenvalue weighted by atomic mass is 10.1. The molecule has 0 amide bonds. The van der Waals surface area contributed by atoms with E-state index in [1.807, 2.05) is 58.7 Å². The molecule has 0 aliphatic heterocycles. The van der Waals surface area contributed by atoms with Crippen LogP contribution < -0.4 is 21.5 Å². The van der Waals surface area contributed by atoms with Crippen molar-refractivity contribution in [3.05, 3.63) is 76.3 Å². The summed E-state index contributed by atoms with van der Waals surface area (Å²) in [7, 11) is 0. The van der Waals surface area contributed by atoms with Crippen molar-refractivity contribution >= 4 is 33.0 Å². The molecule has 112 valence electrons. The fourth-order valence-electron chi connectivity index (χ4n) is 2.06. The summed E-state index contributed by atoms with van der Waals surface area (Å²) >= 11 is 5.02. The van der Waals surface area contributed by atoms with Gasteiger partial charge in [0.2, 0.25) is 17.8 Å². The first kappa shape index (κ1) is 17.1. The SMILES string of the molecule is O=C(C[n+]1csc(-c2ccccc2)c1)c1ccc(Br)cc1.[Br-]. The van der Waals surface area contributed by atoms with Crippen LogP contribution in [0.2, 0.25) is 0 Å². The molecule has 0 fully saturated rings. The van der Waals surface area contributed by atoms with E-state index in [9.17, 15) is 4.79 Å². The number of ketones is 1. The Balaban J connectivity index is 0.00000176. The average Bonchev–Trinajstić information content (AvgIpc) is 2.97. The number of nitrogens with zero attached hydrogens (tertiary/aromatic N) is 1. The van der Waals surface area contributed by atoms with Crippen LogP contribution in [0.5, 0.6) is 0 Å². The van der Waals surface area contributed by atoms with E-state index in [2.05, 4.69) is 28.1 Å². The molecule has 0 aliphatic carbocycles. The Bertz CT molecular complexity index is 754. The van der Waals surface area contributed by atoms with Gasteiger partial charge < -0.3 is 17.0 Å². The number of thiazole rings is 1. The Morgan fingerprint density at radius 3 is 2.41 bits per heavy atom. The quantitative estimate of drug-likeness (QED) is 0.445. The molecule has 0 saturated carbocycles. The summed E-state index contributed by atoms with van der Waals surface area (Å²) in [4.78, 5) is 13.4. The summed E-state index contributed by atoms with van der Waals surface area (Å²) in [5.74, 6) is 0.116. The monoisotopic (exact) mass is 437 g/mol. The van der Waals surface area contributed by atoms with Gasteiger partial charge in [-0.3, -0.25) is 4.79 Å². The molecule has 0 saturated heterocycles. The minimum Gasteiger partial charge on any atom is -1.00 e. The summed E-state index contributed by atoms with van der Waals surface area (Å²) in [5.41, 5.74) is 3.90. The third-order valence-corrected chi connectivity index (χ3v) is 4.65. The topological polar surface area (TPSA) is 20.9 Å². The van der Waals surface area contributed by atoms with E-state index < -0.39 is 0 Å². The molecular weight excluding hydrogens is 426 g/mol. The second-order valence-corrected chi connectivity index (χ2v) is 6.49. The van der Waals surface area contributed by atoms with Crippen molar-refractivity contribution in [2.45, 2.75) is 6.54 Å². The summed E-state index contributed by atoms with van der Waals surface area (Å²) < 4.78 is 2.92. The Hall–Kier alpha value is -1.30. The van der Waals surface area contributed by atoms with E-state index in [0.717, 1.165) is 10.0 Å². The molecule has 0 bridgehead atoms. The lowest BCUT2D eigenvalue weighted by Crippen LogP contribution is -3.00. The molecule has 0 atom stereocenters. The lowest BCUT2D eigenvalue weighted by molar-refractivity contribution is -0.677. The molecule has 0 radical (unpaired) electrons. The summed E-state index contributed by atoms with van der Waals surface area (Å²) in [5, 5.41) is 0. The van der Waals surface area contributed by atoms with Crippen molar-refractivity contribution in [2.75, 3.05) is 0 Å². The molecule has 3 rings (SSSR count). The van der Waals surface area contributed by atoms with Crippen molar-refractivity contribution < 1.29 is 26.3 Å². The maximum atomic E-state index is 12.2. The highest BCUT2D eigenvalue weighted by atomic mass is 79.9. The van der Waals surface area contributed by atoms with Crippen LogP contribution >= 0.6 is 27.3 Å². The highest BCUT2D eigenvalue weighted by Crippen LogP contribution is 2.21. The zero-order chi connectivity index (χ0) is 14.7. The van der Waals surface area contributed by atoms with E-state index in [1.54, 1.807) is 11.3 Å². The zero-order valence-electron chi connectivity index (χ0n) is 11.6. The number of aromatic nitrogens is 1. The van der Waals surface area contributed by atoms with Crippen LogP contribution in [0.25, 0.3) is 10.4 Å². The molecular formula is C17H13Br2NOS. The largest absolute Gasteiger partial charge is 1.00 e. The van der Waals surface area contributed by atoms with Gasteiger partial charge in [0.05, 0.1) is 0 Å². The summed E-state index contributed by atoms with van der Waals surface area (Å²) in [6.45, 7) is 0.366. The first-order valence-electron chi connectivity index (χ1n) is 6.54. The second-order valence-electron chi connectivity index (χ2n) is 4.69. The van der Waals surface area contributed by atoms with Crippen LogP contribution in [-0.4, -0.2) is 5.78 Å². The smallest absolute Gasteiger partial charge is 0.227 e. The molecule has 2 aromatic carbocycles. The van der Waals surface area contributed by atoms with Crippen LogP contribution in [0.4, 0.5) is 0 Å². The van der Waals surface area contributed by atoms with Crippen molar-refractivity contribution in [3.63, 3.8) is 0 Å². The second kappa shape index (κ2) is 7.81. The zero-order valence-corrected chi connectivity index (χ0v) is 15.6. The van der Waals surface area contributed by atoms with Crippen LogP contribution in [0.15, 0.2) is 70.8 Å². The first-order valence-corrected chi connectivity index (χ1v) is 8.21.